The molecule has 11 heteroatoms. The van der Waals surface area contributed by atoms with E-state index < -0.39 is 27.8 Å². The van der Waals surface area contributed by atoms with Gasteiger partial charge in [-0.15, -0.1) is 11.3 Å². The van der Waals surface area contributed by atoms with Crippen LogP contribution in [0, 0.1) is 0 Å². The molecule has 0 atom stereocenters. The van der Waals surface area contributed by atoms with Crippen molar-refractivity contribution < 1.29 is 27.5 Å². The SMILES string of the molecule is COC(=O)c1sccc1N1C(=O)c2c(Cl)ccc(NS(=O)(=O)c3ccc(C(C)(C)C)cc3)c2C1=O. The number of fused-ring (bicyclic) bond motifs is 1. The number of thiophene rings is 1. The summed E-state index contributed by atoms with van der Waals surface area (Å²) < 4.78 is 33.4. The molecule has 2 amide bonds. The van der Waals surface area contributed by atoms with Gasteiger partial charge in [0.25, 0.3) is 21.8 Å². The zero-order valence-electron chi connectivity index (χ0n) is 19.2. The first-order valence-electron chi connectivity index (χ1n) is 10.4. The van der Waals surface area contributed by atoms with Gasteiger partial charge in [-0.1, -0.05) is 44.5 Å². The van der Waals surface area contributed by atoms with E-state index in [2.05, 4.69) is 4.72 Å². The van der Waals surface area contributed by atoms with E-state index >= 15 is 0 Å². The number of nitrogens with one attached hydrogen (secondary N) is 1. The highest BCUT2D eigenvalue weighted by atomic mass is 35.5. The molecule has 0 saturated heterocycles. The Hall–Kier alpha value is -3.21. The molecule has 2 heterocycles. The number of hydrogen-bond donors (Lipinski definition) is 1. The number of carbonyl (C=O) groups excluding carboxylic acids is 3. The summed E-state index contributed by atoms with van der Waals surface area (Å²) in [5, 5.41) is 1.52. The molecule has 0 unspecified atom stereocenters. The summed E-state index contributed by atoms with van der Waals surface area (Å²) in [5.74, 6) is -2.29. The van der Waals surface area contributed by atoms with E-state index in [0.29, 0.717) is 0 Å². The average molecular weight is 533 g/mol. The van der Waals surface area contributed by atoms with Crippen LogP contribution in [-0.2, 0) is 20.2 Å². The lowest BCUT2D eigenvalue weighted by Crippen LogP contribution is -2.30. The van der Waals surface area contributed by atoms with Crippen molar-refractivity contribution in [2.45, 2.75) is 31.1 Å². The maximum atomic E-state index is 13.4. The Morgan fingerprint density at radius 2 is 1.63 bits per heavy atom. The van der Waals surface area contributed by atoms with Gasteiger partial charge in [0.05, 0.1) is 39.5 Å². The van der Waals surface area contributed by atoms with Crippen LogP contribution in [-0.4, -0.2) is 33.3 Å². The number of nitrogens with zero attached hydrogens (tertiary/aromatic N) is 1. The van der Waals surface area contributed by atoms with E-state index in [4.69, 9.17) is 16.3 Å². The smallest absolute Gasteiger partial charge is 0.350 e. The first-order valence-corrected chi connectivity index (χ1v) is 13.1. The maximum Gasteiger partial charge on any atom is 0.350 e. The second kappa shape index (κ2) is 8.78. The molecule has 2 aromatic carbocycles. The second-order valence-electron chi connectivity index (χ2n) is 8.80. The van der Waals surface area contributed by atoms with Crippen LogP contribution in [0.2, 0.25) is 5.02 Å². The summed E-state index contributed by atoms with van der Waals surface area (Å²) in [5.41, 5.74) is 0.391. The van der Waals surface area contributed by atoms with Crippen molar-refractivity contribution in [2.75, 3.05) is 16.7 Å². The number of ether oxygens (including phenoxy) is 1. The predicted octanol–water partition coefficient (Wildman–Crippen LogP) is 5.09. The Labute approximate surface area is 211 Å². The minimum atomic E-state index is -4.09. The van der Waals surface area contributed by atoms with Gasteiger partial charge in [0.2, 0.25) is 0 Å². The topological polar surface area (TPSA) is 110 Å². The lowest BCUT2D eigenvalue weighted by Gasteiger charge is -2.19. The zero-order valence-corrected chi connectivity index (χ0v) is 21.6. The van der Waals surface area contributed by atoms with Crippen molar-refractivity contribution in [3.8, 4) is 0 Å². The van der Waals surface area contributed by atoms with E-state index in [1.54, 1.807) is 12.1 Å². The van der Waals surface area contributed by atoms with E-state index in [9.17, 15) is 22.8 Å². The van der Waals surface area contributed by atoms with Crippen molar-refractivity contribution in [3.05, 3.63) is 74.4 Å². The molecule has 0 aliphatic carbocycles. The first kappa shape index (κ1) is 24.9. The van der Waals surface area contributed by atoms with Gasteiger partial charge < -0.3 is 4.74 Å². The lowest BCUT2D eigenvalue weighted by atomic mass is 9.87. The minimum absolute atomic E-state index is 0.00589. The van der Waals surface area contributed by atoms with Gasteiger partial charge in [0, 0.05) is 0 Å². The number of methoxy groups -OCH3 is 1. The number of anilines is 2. The molecular formula is C24H21ClN2O6S2. The molecule has 35 heavy (non-hydrogen) atoms. The second-order valence-corrected chi connectivity index (χ2v) is 11.8. The fourth-order valence-corrected chi connectivity index (χ4v) is 5.79. The van der Waals surface area contributed by atoms with Crippen molar-refractivity contribution in [1.82, 2.24) is 0 Å². The van der Waals surface area contributed by atoms with Crippen LogP contribution in [0.3, 0.4) is 0 Å². The molecule has 0 spiro atoms. The van der Waals surface area contributed by atoms with Gasteiger partial charge in [0.1, 0.15) is 4.88 Å². The molecule has 0 fully saturated rings. The van der Waals surface area contributed by atoms with Crippen molar-refractivity contribution in [2.24, 2.45) is 0 Å². The number of sulfonamides is 1. The van der Waals surface area contributed by atoms with Crippen LogP contribution in [0.15, 0.2) is 52.7 Å². The van der Waals surface area contributed by atoms with Crippen LogP contribution in [0.5, 0.6) is 0 Å². The summed E-state index contributed by atoms with van der Waals surface area (Å²) >= 11 is 7.25. The molecule has 1 aliphatic rings. The third-order valence-corrected chi connectivity index (χ3v) is 8.10. The maximum absolute atomic E-state index is 13.4. The first-order chi connectivity index (χ1) is 16.4. The molecule has 182 valence electrons. The van der Waals surface area contributed by atoms with Gasteiger partial charge in [-0.2, -0.15) is 0 Å². The van der Waals surface area contributed by atoms with Crippen molar-refractivity contribution in [3.63, 3.8) is 0 Å². The number of halogens is 1. The molecule has 3 aromatic rings. The van der Waals surface area contributed by atoms with Crippen LogP contribution in [0.4, 0.5) is 11.4 Å². The largest absolute Gasteiger partial charge is 0.465 e. The number of imide groups is 1. The van der Waals surface area contributed by atoms with Crippen LogP contribution in [0.25, 0.3) is 0 Å². The molecule has 1 N–H and O–H groups in total. The summed E-state index contributed by atoms with van der Waals surface area (Å²) in [6, 6.07) is 10.5. The third kappa shape index (κ3) is 4.33. The van der Waals surface area contributed by atoms with Crippen LogP contribution < -0.4 is 9.62 Å². The number of rotatable bonds is 5. The molecule has 1 aromatic heterocycles. The predicted molar refractivity (Wildman–Crippen MR) is 134 cm³/mol. The van der Waals surface area contributed by atoms with E-state index in [1.807, 2.05) is 20.8 Å². The monoisotopic (exact) mass is 532 g/mol. The number of hydrogen-bond acceptors (Lipinski definition) is 7. The highest BCUT2D eigenvalue weighted by molar-refractivity contribution is 7.92. The van der Waals surface area contributed by atoms with Crippen molar-refractivity contribution in [1.29, 1.82) is 0 Å². The third-order valence-electron chi connectivity index (χ3n) is 5.52. The standard InChI is InChI=1S/C24H21ClN2O6S2/c1-24(2,3)13-5-7-14(8-6-13)35(31,32)26-16-10-9-15(25)18-19(16)22(29)27(21(18)28)17-11-12-34-20(17)23(30)33-4/h5-12,26H,1-4H3. The van der Waals surface area contributed by atoms with Gasteiger partial charge in [0.15, 0.2) is 0 Å². The van der Waals surface area contributed by atoms with E-state index in [-0.39, 0.29) is 42.7 Å². The highest BCUT2D eigenvalue weighted by Crippen LogP contribution is 2.40. The fraction of sp³-hybridized carbons (Fsp3) is 0.208. The Morgan fingerprint density at radius 1 is 1.00 bits per heavy atom. The Bertz CT molecular complexity index is 1470. The number of esters is 1. The Balaban J connectivity index is 1.75. The van der Waals surface area contributed by atoms with Gasteiger partial charge >= 0.3 is 5.97 Å². The molecule has 0 bridgehead atoms. The number of amides is 2. The van der Waals surface area contributed by atoms with Gasteiger partial charge in [-0.05, 0) is 46.7 Å². The Morgan fingerprint density at radius 3 is 2.23 bits per heavy atom. The van der Waals surface area contributed by atoms with Crippen LogP contribution in [0.1, 0.15) is 56.7 Å². The van der Waals surface area contributed by atoms with Gasteiger partial charge in [-0.25, -0.2) is 18.1 Å². The molecule has 0 saturated carbocycles. The lowest BCUT2D eigenvalue weighted by molar-refractivity contribution is 0.0607. The van der Waals surface area contributed by atoms with Crippen LogP contribution >= 0.6 is 22.9 Å². The normalized spacial score (nSPS) is 13.7. The average Bonchev–Trinajstić information content (AvgIpc) is 3.37. The molecule has 1 aliphatic heterocycles. The molecule has 4 rings (SSSR count). The van der Waals surface area contributed by atoms with Crippen molar-refractivity contribution >= 4 is 62.1 Å². The van der Waals surface area contributed by atoms with E-state index in [0.717, 1.165) is 21.8 Å². The Kier molecular flexibility index (Phi) is 6.25. The highest BCUT2D eigenvalue weighted by Gasteiger charge is 2.43. The number of benzene rings is 2. The quantitative estimate of drug-likeness (QED) is 0.362. The van der Waals surface area contributed by atoms with E-state index in [1.165, 1.54) is 42.8 Å². The summed E-state index contributed by atoms with van der Waals surface area (Å²) in [6.07, 6.45) is 0. The summed E-state index contributed by atoms with van der Waals surface area (Å²) in [7, 11) is -2.91. The molecule has 8 nitrogen and oxygen atoms in total. The zero-order chi connectivity index (χ0) is 25.7. The minimum Gasteiger partial charge on any atom is -0.465 e. The van der Waals surface area contributed by atoms with Gasteiger partial charge in [-0.3, -0.25) is 14.3 Å². The fourth-order valence-electron chi connectivity index (χ4n) is 3.69. The molecule has 0 radical (unpaired) electrons. The summed E-state index contributed by atoms with van der Waals surface area (Å²) in [4.78, 5) is 39.6. The summed E-state index contributed by atoms with van der Waals surface area (Å²) in [6.45, 7) is 6.04. The molecular weight excluding hydrogens is 512 g/mol. The number of carbonyl (C=O) groups is 3.